The van der Waals surface area contributed by atoms with Gasteiger partial charge in [-0.15, -0.1) is 0 Å². The molecule has 4 nitrogen and oxygen atoms in total. The van der Waals surface area contributed by atoms with E-state index in [2.05, 4.69) is 4.99 Å². The van der Waals surface area contributed by atoms with Crippen molar-refractivity contribution >= 4 is 17.4 Å². The highest BCUT2D eigenvalue weighted by molar-refractivity contribution is 6.20. The summed E-state index contributed by atoms with van der Waals surface area (Å²) in [6.45, 7) is 0. The molecule has 0 heterocycles. The third kappa shape index (κ3) is 2.79. The van der Waals surface area contributed by atoms with Crippen LogP contribution in [0.4, 0.5) is 0 Å². The lowest BCUT2D eigenvalue weighted by Gasteiger charge is -2.01. The van der Waals surface area contributed by atoms with Crippen LogP contribution < -0.4 is 4.74 Å². The second-order valence-electron chi connectivity index (χ2n) is 3.64. The number of ketones is 1. The first kappa shape index (κ1) is 12.0. The zero-order valence-electron chi connectivity index (χ0n) is 9.79. The molecule has 1 aromatic carbocycles. The van der Waals surface area contributed by atoms with E-state index in [0.717, 1.165) is 0 Å². The number of hydrogen-bond acceptors (Lipinski definition) is 3. The fourth-order valence-corrected chi connectivity index (χ4v) is 1.44. The minimum absolute atomic E-state index is 0.106. The van der Waals surface area contributed by atoms with Gasteiger partial charge < -0.3 is 4.74 Å². The molecule has 1 aliphatic carbocycles. The number of carbonyl (C=O) groups excluding carboxylic acids is 2. The summed E-state index contributed by atoms with van der Waals surface area (Å²) in [7, 11) is 1.56. The molecule has 0 N–H and O–H groups in total. The van der Waals surface area contributed by atoms with E-state index in [1.54, 1.807) is 31.4 Å². The Morgan fingerprint density at radius 2 is 1.67 bits per heavy atom. The van der Waals surface area contributed by atoms with Crippen LogP contribution in [0.5, 0.6) is 5.75 Å². The van der Waals surface area contributed by atoms with Crippen LogP contribution in [0.25, 0.3) is 0 Å². The first-order valence-electron chi connectivity index (χ1n) is 5.36. The van der Waals surface area contributed by atoms with Crippen molar-refractivity contribution in [2.75, 3.05) is 7.11 Å². The van der Waals surface area contributed by atoms with Gasteiger partial charge in [0.2, 0.25) is 0 Å². The van der Waals surface area contributed by atoms with Crippen LogP contribution >= 0.6 is 0 Å². The molecule has 0 saturated heterocycles. The number of amides is 1. The van der Waals surface area contributed by atoms with Crippen molar-refractivity contribution < 1.29 is 14.3 Å². The normalized spacial score (nSPS) is 13.6. The monoisotopic (exact) mass is 241 g/mol. The number of rotatable bonds is 2. The predicted octanol–water partition coefficient (Wildman–Crippen LogP) is 1.97. The average Bonchev–Trinajstić information content (AvgIpc) is 2.41. The van der Waals surface area contributed by atoms with Crippen molar-refractivity contribution in [2.45, 2.75) is 0 Å². The number of allylic oxidation sites excluding steroid dienone is 4. The number of benzene rings is 1. The van der Waals surface area contributed by atoms with Gasteiger partial charge >= 0.3 is 0 Å². The van der Waals surface area contributed by atoms with Gasteiger partial charge in [0, 0.05) is 5.56 Å². The van der Waals surface area contributed by atoms with Crippen molar-refractivity contribution in [3.8, 4) is 5.75 Å². The van der Waals surface area contributed by atoms with Crippen molar-refractivity contribution in [3.05, 3.63) is 54.1 Å². The molecule has 0 aromatic heterocycles. The SMILES string of the molecule is COc1ccc(C(=O)N=C2C=CC(=O)C=C2)cc1. The molecule has 0 saturated carbocycles. The number of methoxy groups -OCH3 is 1. The quantitative estimate of drug-likeness (QED) is 0.744. The lowest BCUT2D eigenvalue weighted by Crippen LogP contribution is -2.03. The summed E-state index contributed by atoms with van der Waals surface area (Å²) in [5.74, 6) is 0.226. The Hall–Kier alpha value is -2.49. The molecule has 0 unspecified atom stereocenters. The summed E-state index contributed by atoms with van der Waals surface area (Å²) in [4.78, 5) is 26.6. The summed E-state index contributed by atoms with van der Waals surface area (Å²) in [6.07, 6.45) is 5.79. The van der Waals surface area contributed by atoms with E-state index in [9.17, 15) is 9.59 Å². The minimum Gasteiger partial charge on any atom is -0.497 e. The van der Waals surface area contributed by atoms with Gasteiger partial charge in [-0.05, 0) is 48.6 Å². The summed E-state index contributed by atoms with van der Waals surface area (Å²) in [5, 5.41) is 0. The van der Waals surface area contributed by atoms with Crippen LogP contribution in [-0.2, 0) is 4.79 Å². The van der Waals surface area contributed by atoms with E-state index in [1.807, 2.05) is 0 Å². The first-order chi connectivity index (χ1) is 8.69. The van der Waals surface area contributed by atoms with E-state index in [-0.39, 0.29) is 11.7 Å². The van der Waals surface area contributed by atoms with Gasteiger partial charge in [0.25, 0.3) is 5.91 Å². The molecule has 18 heavy (non-hydrogen) atoms. The standard InChI is InChI=1S/C14H11NO3/c1-18-13-8-2-10(3-9-13)14(17)15-11-4-6-12(16)7-5-11/h2-9H,1H3. The lowest BCUT2D eigenvalue weighted by molar-refractivity contribution is -0.110. The first-order valence-corrected chi connectivity index (χ1v) is 5.36. The van der Waals surface area contributed by atoms with Gasteiger partial charge in [0.05, 0.1) is 12.8 Å². The van der Waals surface area contributed by atoms with Gasteiger partial charge in [-0.2, -0.15) is 0 Å². The molecule has 0 atom stereocenters. The molecule has 4 heteroatoms. The van der Waals surface area contributed by atoms with Crippen LogP contribution in [0.15, 0.2) is 53.6 Å². The number of hydrogen-bond donors (Lipinski definition) is 0. The number of aliphatic imine (C=N–C) groups is 1. The van der Waals surface area contributed by atoms with Gasteiger partial charge in [-0.1, -0.05) is 0 Å². The average molecular weight is 241 g/mol. The second kappa shape index (κ2) is 5.23. The molecular formula is C14H11NO3. The van der Waals surface area contributed by atoms with Crippen molar-refractivity contribution in [1.29, 1.82) is 0 Å². The summed E-state index contributed by atoms with van der Waals surface area (Å²) in [6, 6.07) is 6.69. The van der Waals surface area contributed by atoms with E-state index in [0.29, 0.717) is 17.0 Å². The molecule has 90 valence electrons. The van der Waals surface area contributed by atoms with Crippen molar-refractivity contribution in [1.82, 2.24) is 0 Å². The van der Waals surface area contributed by atoms with Crippen molar-refractivity contribution in [2.24, 2.45) is 4.99 Å². The smallest absolute Gasteiger partial charge is 0.277 e. The molecule has 0 spiro atoms. The zero-order valence-corrected chi connectivity index (χ0v) is 9.79. The topological polar surface area (TPSA) is 55.7 Å². The van der Waals surface area contributed by atoms with Gasteiger partial charge in [-0.3, -0.25) is 9.59 Å². The van der Waals surface area contributed by atoms with E-state index in [1.165, 1.54) is 24.3 Å². The fourth-order valence-electron chi connectivity index (χ4n) is 1.44. The van der Waals surface area contributed by atoms with Crippen LogP contribution in [0.2, 0.25) is 0 Å². The molecule has 0 bridgehead atoms. The summed E-state index contributed by atoms with van der Waals surface area (Å²) < 4.78 is 5.00. The van der Waals surface area contributed by atoms with Crippen LogP contribution in [0.1, 0.15) is 10.4 Å². The second-order valence-corrected chi connectivity index (χ2v) is 3.64. The fraction of sp³-hybridized carbons (Fsp3) is 0.0714. The molecule has 2 rings (SSSR count). The highest BCUT2D eigenvalue weighted by atomic mass is 16.5. The van der Waals surface area contributed by atoms with E-state index < -0.39 is 0 Å². The molecular weight excluding hydrogens is 230 g/mol. The van der Waals surface area contributed by atoms with E-state index in [4.69, 9.17) is 4.74 Å². The number of carbonyl (C=O) groups is 2. The van der Waals surface area contributed by atoms with Crippen LogP contribution in [0, 0.1) is 0 Å². The third-order valence-corrected chi connectivity index (χ3v) is 2.40. The maximum Gasteiger partial charge on any atom is 0.277 e. The molecule has 1 aromatic rings. The summed E-state index contributed by atoms with van der Waals surface area (Å²) in [5.41, 5.74) is 0.942. The molecule has 1 amide bonds. The minimum atomic E-state index is -0.351. The molecule has 0 radical (unpaired) electrons. The maximum absolute atomic E-state index is 11.8. The van der Waals surface area contributed by atoms with Crippen LogP contribution in [-0.4, -0.2) is 24.5 Å². The zero-order chi connectivity index (χ0) is 13.0. The number of ether oxygens (including phenoxy) is 1. The Morgan fingerprint density at radius 1 is 1.06 bits per heavy atom. The van der Waals surface area contributed by atoms with Crippen molar-refractivity contribution in [3.63, 3.8) is 0 Å². The van der Waals surface area contributed by atoms with E-state index >= 15 is 0 Å². The Bertz CT molecular complexity index is 547. The molecule has 1 aliphatic rings. The molecule has 0 fully saturated rings. The van der Waals surface area contributed by atoms with Gasteiger partial charge in [0.15, 0.2) is 5.78 Å². The predicted molar refractivity (Wildman–Crippen MR) is 68.0 cm³/mol. The maximum atomic E-state index is 11.8. The van der Waals surface area contributed by atoms with Crippen LogP contribution in [0.3, 0.4) is 0 Å². The number of nitrogens with zero attached hydrogens (tertiary/aromatic N) is 1. The van der Waals surface area contributed by atoms with Gasteiger partial charge in [0.1, 0.15) is 5.75 Å². The largest absolute Gasteiger partial charge is 0.497 e. The summed E-state index contributed by atoms with van der Waals surface area (Å²) >= 11 is 0. The Labute approximate surface area is 104 Å². The highest BCUT2D eigenvalue weighted by Crippen LogP contribution is 2.12. The lowest BCUT2D eigenvalue weighted by atomic mass is 10.1. The molecule has 0 aliphatic heterocycles. The highest BCUT2D eigenvalue weighted by Gasteiger charge is 2.06. The van der Waals surface area contributed by atoms with Gasteiger partial charge in [-0.25, -0.2) is 4.99 Å². The third-order valence-electron chi connectivity index (χ3n) is 2.40. The Balaban J connectivity index is 2.16. The Morgan fingerprint density at radius 3 is 2.22 bits per heavy atom. The Kier molecular flexibility index (Phi) is 3.48.